The lowest BCUT2D eigenvalue weighted by Crippen LogP contribution is -2.37. The van der Waals surface area contributed by atoms with Gasteiger partial charge in [0.25, 0.3) is 5.69 Å². The molecule has 0 saturated carbocycles. The van der Waals surface area contributed by atoms with Crippen molar-refractivity contribution in [1.82, 2.24) is 4.31 Å². The van der Waals surface area contributed by atoms with Gasteiger partial charge in [0.2, 0.25) is 10.0 Å². The minimum atomic E-state index is -3.77. The average Bonchev–Trinajstić information content (AvgIpc) is 2.68. The summed E-state index contributed by atoms with van der Waals surface area (Å²) in [6.45, 7) is 2.78. The van der Waals surface area contributed by atoms with Crippen LogP contribution in [0.1, 0.15) is 25.3 Å². The van der Waals surface area contributed by atoms with Gasteiger partial charge in [-0.1, -0.05) is 19.1 Å². The first-order chi connectivity index (χ1) is 13.3. The van der Waals surface area contributed by atoms with Crippen LogP contribution in [0, 0.1) is 16.0 Å². The maximum Gasteiger partial charge on any atom is 0.294 e. The molecule has 3 rings (SSSR count). The third kappa shape index (κ3) is 4.32. The van der Waals surface area contributed by atoms with E-state index in [1.807, 2.05) is 0 Å². The first kappa shape index (κ1) is 20.2. The van der Waals surface area contributed by atoms with Crippen LogP contribution in [0.25, 0.3) is 0 Å². The van der Waals surface area contributed by atoms with E-state index in [1.54, 1.807) is 24.3 Å². The van der Waals surface area contributed by atoms with E-state index in [4.69, 9.17) is 0 Å². The smallest absolute Gasteiger partial charge is 0.294 e. The predicted octanol–water partition coefficient (Wildman–Crippen LogP) is 3.25. The highest BCUT2D eigenvalue weighted by Crippen LogP contribution is 2.32. The van der Waals surface area contributed by atoms with Crippen molar-refractivity contribution in [3.05, 3.63) is 58.1 Å². The lowest BCUT2D eigenvalue weighted by molar-refractivity contribution is -0.384. The molecule has 2 aromatic rings. The molecule has 0 aliphatic carbocycles. The van der Waals surface area contributed by atoms with Crippen molar-refractivity contribution in [2.75, 3.05) is 18.4 Å². The standard InChI is InChI=1S/C19H23N3O5S/c1-14-7-9-21(10-8-14)28(26,27)17-5-6-18(19(12-17)22(24)25)20-16-4-2-3-15(11-16)13-23/h2-6,11-12,14,20,23H,7-10,13H2,1H3. The van der Waals surface area contributed by atoms with E-state index >= 15 is 0 Å². The molecule has 1 heterocycles. The molecule has 0 amide bonds. The van der Waals surface area contributed by atoms with Gasteiger partial charge in [0, 0.05) is 24.8 Å². The molecular weight excluding hydrogens is 382 g/mol. The molecule has 0 radical (unpaired) electrons. The summed E-state index contributed by atoms with van der Waals surface area (Å²) < 4.78 is 27.1. The Morgan fingerprint density at radius 2 is 1.93 bits per heavy atom. The quantitative estimate of drug-likeness (QED) is 0.563. The van der Waals surface area contributed by atoms with E-state index in [0.717, 1.165) is 18.9 Å². The normalized spacial score (nSPS) is 16.1. The maximum atomic E-state index is 12.9. The summed E-state index contributed by atoms with van der Waals surface area (Å²) in [6, 6.07) is 10.7. The first-order valence-corrected chi connectivity index (χ1v) is 10.5. The second-order valence-electron chi connectivity index (χ2n) is 7.01. The fourth-order valence-corrected chi connectivity index (χ4v) is 4.70. The molecule has 2 aromatic carbocycles. The fraction of sp³-hybridized carbons (Fsp3) is 0.368. The summed E-state index contributed by atoms with van der Waals surface area (Å²) in [6.07, 6.45) is 1.56. The summed E-state index contributed by atoms with van der Waals surface area (Å²) in [5.41, 5.74) is 1.09. The van der Waals surface area contributed by atoms with E-state index in [9.17, 15) is 23.6 Å². The molecule has 9 heteroatoms. The van der Waals surface area contributed by atoms with E-state index < -0.39 is 14.9 Å². The molecule has 28 heavy (non-hydrogen) atoms. The first-order valence-electron chi connectivity index (χ1n) is 9.06. The lowest BCUT2D eigenvalue weighted by Gasteiger charge is -2.29. The molecular formula is C19H23N3O5S. The number of aliphatic hydroxyl groups is 1. The average molecular weight is 405 g/mol. The number of nitrogens with zero attached hydrogens (tertiary/aromatic N) is 2. The van der Waals surface area contributed by atoms with Gasteiger partial charge in [0.05, 0.1) is 16.4 Å². The highest BCUT2D eigenvalue weighted by Gasteiger charge is 2.30. The molecule has 1 fully saturated rings. The molecule has 0 bridgehead atoms. The molecule has 2 N–H and O–H groups in total. The molecule has 0 atom stereocenters. The largest absolute Gasteiger partial charge is 0.392 e. The zero-order valence-corrected chi connectivity index (χ0v) is 16.4. The predicted molar refractivity (Wildman–Crippen MR) is 106 cm³/mol. The minimum absolute atomic E-state index is 0.0802. The van der Waals surface area contributed by atoms with Gasteiger partial charge in [0.1, 0.15) is 5.69 Å². The van der Waals surface area contributed by atoms with Crippen LogP contribution in [-0.2, 0) is 16.6 Å². The number of nitrogens with one attached hydrogen (secondary N) is 1. The van der Waals surface area contributed by atoms with Gasteiger partial charge in [0.15, 0.2) is 0 Å². The summed E-state index contributed by atoms with van der Waals surface area (Å²) >= 11 is 0. The second-order valence-corrected chi connectivity index (χ2v) is 8.94. The number of hydrogen-bond donors (Lipinski definition) is 2. The van der Waals surface area contributed by atoms with Crippen LogP contribution in [-0.4, -0.2) is 35.8 Å². The summed E-state index contributed by atoms with van der Waals surface area (Å²) in [7, 11) is -3.77. The molecule has 0 unspecified atom stereocenters. The van der Waals surface area contributed by atoms with Crippen molar-refractivity contribution >= 4 is 27.1 Å². The van der Waals surface area contributed by atoms with Gasteiger partial charge in [-0.15, -0.1) is 0 Å². The Morgan fingerprint density at radius 1 is 1.21 bits per heavy atom. The van der Waals surface area contributed by atoms with Crippen molar-refractivity contribution in [1.29, 1.82) is 0 Å². The van der Waals surface area contributed by atoms with Crippen LogP contribution in [0.5, 0.6) is 0 Å². The van der Waals surface area contributed by atoms with Crippen LogP contribution in [0.15, 0.2) is 47.4 Å². The molecule has 1 aliphatic rings. The zero-order chi connectivity index (χ0) is 20.3. The van der Waals surface area contributed by atoms with E-state index in [1.165, 1.54) is 16.4 Å². The monoisotopic (exact) mass is 405 g/mol. The highest BCUT2D eigenvalue weighted by molar-refractivity contribution is 7.89. The molecule has 0 spiro atoms. The zero-order valence-electron chi connectivity index (χ0n) is 15.5. The summed E-state index contributed by atoms with van der Waals surface area (Å²) in [5.74, 6) is 0.474. The SMILES string of the molecule is CC1CCN(S(=O)(=O)c2ccc(Nc3cccc(CO)c3)c([N+](=O)[O-])c2)CC1. The van der Waals surface area contributed by atoms with Gasteiger partial charge in [-0.3, -0.25) is 10.1 Å². The van der Waals surface area contributed by atoms with Crippen LogP contribution in [0.3, 0.4) is 0 Å². The van der Waals surface area contributed by atoms with Crippen LogP contribution in [0.2, 0.25) is 0 Å². The molecule has 1 saturated heterocycles. The Bertz CT molecular complexity index is 969. The topological polar surface area (TPSA) is 113 Å². The van der Waals surface area contributed by atoms with Gasteiger partial charge in [-0.2, -0.15) is 4.31 Å². The molecule has 8 nitrogen and oxygen atoms in total. The number of hydrogen-bond acceptors (Lipinski definition) is 6. The van der Waals surface area contributed by atoms with Crippen molar-refractivity contribution in [3.8, 4) is 0 Å². The number of benzene rings is 2. The Balaban J connectivity index is 1.91. The number of anilines is 2. The molecule has 150 valence electrons. The maximum absolute atomic E-state index is 12.9. The third-order valence-electron chi connectivity index (χ3n) is 4.93. The molecule has 1 aliphatic heterocycles. The number of nitro groups is 1. The summed E-state index contributed by atoms with van der Waals surface area (Å²) in [5, 5.41) is 23.7. The van der Waals surface area contributed by atoms with E-state index in [2.05, 4.69) is 12.2 Å². The number of aliphatic hydroxyl groups excluding tert-OH is 1. The van der Waals surface area contributed by atoms with Crippen molar-refractivity contribution in [2.24, 2.45) is 5.92 Å². The molecule has 0 aromatic heterocycles. The Hall–Kier alpha value is -2.49. The van der Waals surface area contributed by atoms with Crippen molar-refractivity contribution in [2.45, 2.75) is 31.3 Å². The van der Waals surface area contributed by atoms with Gasteiger partial charge < -0.3 is 10.4 Å². The Labute approximate surface area is 164 Å². The van der Waals surface area contributed by atoms with Crippen LogP contribution >= 0.6 is 0 Å². The van der Waals surface area contributed by atoms with E-state index in [-0.39, 0.29) is 22.9 Å². The summed E-state index contributed by atoms with van der Waals surface area (Å²) in [4.78, 5) is 10.9. The van der Waals surface area contributed by atoms with Gasteiger partial charge in [-0.25, -0.2) is 8.42 Å². The second kappa shape index (κ2) is 8.26. The highest BCUT2D eigenvalue weighted by atomic mass is 32.2. The fourth-order valence-electron chi connectivity index (χ4n) is 3.21. The lowest BCUT2D eigenvalue weighted by atomic mass is 10.0. The van der Waals surface area contributed by atoms with Crippen LogP contribution in [0.4, 0.5) is 17.1 Å². The number of nitro benzene ring substituents is 1. The Kier molecular flexibility index (Phi) is 5.97. The van der Waals surface area contributed by atoms with E-state index in [0.29, 0.717) is 30.3 Å². The number of rotatable bonds is 6. The minimum Gasteiger partial charge on any atom is -0.392 e. The Morgan fingerprint density at radius 3 is 2.57 bits per heavy atom. The van der Waals surface area contributed by atoms with Crippen molar-refractivity contribution in [3.63, 3.8) is 0 Å². The number of sulfonamides is 1. The number of piperidine rings is 1. The van der Waals surface area contributed by atoms with Gasteiger partial charge in [-0.05, 0) is 48.6 Å². The van der Waals surface area contributed by atoms with Gasteiger partial charge >= 0.3 is 0 Å². The third-order valence-corrected chi connectivity index (χ3v) is 6.83. The van der Waals surface area contributed by atoms with Crippen LogP contribution < -0.4 is 5.32 Å². The van der Waals surface area contributed by atoms with Crippen molar-refractivity contribution < 1.29 is 18.4 Å².